The Morgan fingerprint density at radius 1 is 1.15 bits per heavy atom. The van der Waals surface area contributed by atoms with Crippen molar-refractivity contribution >= 4 is 15.9 Å². The molecule has 0 spiro atoms. The zero-order chi connectivity index (χ0) is 14.0. The van der Waals surface area contributed by atoms with Crippen LogP contribution in [0.15, 0.2) is 28.7 Å². The Labute approximate surface area is 130 Å². The van der Waals surface area contributed by atoms with Gasteiger partial charge in [-0.3, -0.25) is 0 Å². The van der Waals surface area contributed by atoms with Crippen molar-refractivity contribution in [3.63, 3.8) is 0 Å². The lowest BCUT2D eigenvalue weighted by molar-refractivity contribution is -0.947. The van der Waals surface area contributed by atoms with Crippen LogP contribution in [0.2, 0.25) is 0 Å². The standard InChI is InChI=1S/C17H25BrNO/c1-19-11-5-4-9-16(19)14(7-6-12-19)13-20-17-10-3-2-8-15(17)18/h2-3,8,10,14,16H,4-7,9,11-13H2,1H3/q+1/t14-,16+,19?/m0/s1. The fourth-order valence-corrected chi connectivity index (χ4v) is 4.59. The summed E-state index contributed by atoms with van der Waals surface area (Å²) in [7, 11) is 2.47. The average molecular weight is 339 g/mol. The molecule has 0 aliphatic carbocycles. The van der Waals surface area contributed by atoms with Crippen molar-refractivity contribution in [1.29, 1.82) is 0 Å². The van der Waals surface area contributed by atoms with E-state index in [1.807, 2.05) is 12.1 Å². The Hall–Kier alpha value is -0.540. The lowest BCUT2D eigenvalue weighted by Crippen LogP contribution is -2.61. The third-order valence-corrected chi connectivity index (χ3v) is 5.95. The van der Waals surface area contributed by atoms with E-state index in [0.717, 1.165) is 28.8 Å². The molecule has 0 radical (unpaired) electrons. The fourth-order valence-electron chi connectivity index (χ4n) is 4.19. The second kappa shape index (κ2) is 6.07. The normalized spacial score (nSPS) is 33.5. The fraction of sp³-hybridized carbons (Fsp3) is 0.647. The molecule has 2 fully saturated rings. The molecule has 2 heterocycles. The summed E-state index contributed by atoms with van der Waals surface area (Å²) in [5.74, 6) is 1.71. The molecule has 2 aliphatic rings. The highest BCUT2D eigenvalue weighted by molar-refractivity contribution is 9.10. The molecule has 0 amide bonds. The number of hydrogen-bond donors (Lipinski definition) is 0. The average Bonchev–Trinajstić information content (AvgIpc) is 2.45. The second-order valence-corrected chi connectivity index (χ2v) is 7.49. The van der Waals surface area contributed by atoms with E-state index in [2.05, 4.69) is 35.1 Å². The molecule has 20 heavy (non-hydrogen) atoms. The predicted octanol–water partition coefficient (Wildman–Crippen LogP) is 4.24. The van der Waals surface area contributed by atoms with Gasteiger partial charge in [-0.15, -0.1) is 0 Å². The Morgan fingerprint density at radius 2 is 1.95 bits per heavy atom. The number of fused-ring (bicyclic) bond motifs is 1. The maximum absolute atomic E-state index is 6.11. The molecule has 2 saturated heterocycles. The van der Waals surface area contributed by atoms with Crippen molar-refractivity contribution in [2.24, 2.45) is 5.92 Å². The zero-order valence-electron chi connectivity index (χ0n) is 12.4. The minimum absolute atomic E-state index is 0.723. The van der Waals surface area contributed by atoms with Crippen molar-refractivity contribution in [3.05, 3.63) is 28.7 Å². The summed E-state index contributed by atoms with van der Waals surface area (Å²) in [5.41, 5.74) is 0. The number of hydrogen-bond acceptors (Lipinski definition) is 1. The molecular weight excluding hydrogens is 314 g/mol. The largest absolute Gasteiger partial charge is 0.492 e. The van der Waals surface area contributed by atoms with Gasteiger partial charge < -0.3 is 9.22 Å². The third-order valence-electron chi connectivity index (χ3n) is 5.30. The van der Waals surface area contributed by atoms with Gasteiger partial charge in [0.25, 0.3) is 0 Å². The van der Waals surface area contributed by atoms with Crippen LogP contribution in [0.5, 0.6) is 5.75 Å². The summed E-state index contributed by atoms with van der Waals surface area (Å²) in [6, 6.07) is 9.01. The molecule has 3 rings (SSSR count). The highest BCUT2D eigenvalue weighted by atomic mass is 79.9. The molecule has 1 aromatic carbocycles. The van der Waals surface area contributed by atoms with Crippen molar-refractivity contribution in [2.75, 3.05) is 26.7 Å². The summed E-state index contributed by atoms with van der Waals surface area (Å²) >= 11 is 3.57. The van der Waals surface area contributed by atoms with Crippen molar-refractivity contribution < 1.29 is 9.22 Å². The summed E-state index contributed by atoms with van der Waals surface area (Å²) in [5, 5.41) is 0. The molecule has 0 bridgehead atoms. The number of benzene rings is 1. The van der Waals surface area contributed by atoms with Crippen molar-refractivity contribution in [3.8, 4) is 5.75 Å². The molecule has 0 aromatic heterocycles. The third kappa shape index (κ3) is 2.89. The molecule has 1 unspecified atom stereocenters. The molecule has 3 heteroatoms. The van der Waals surface area contributed by atoms with Gasteiger partial charge in [-0.05, 0) is 53.7 Å². The summed E-state index contributed by atoms with van der Waals surface area (Å²) < 4.78 is 8.48. The van der Waals surface area contributed by atoms with E-state index in [1.54, 1.807) is 0 Å². The first-order valence-corrected chi connectivity index (χ1v) is 8.70. The first-order chi connectivity index (χ1) is 9.69. The van der Waals surface area contributed by atoms with Crippen LogP contribution in [0.1, 0.15) is 32.1 Å². The number of halogens is 1. The van der Waals surface area contributed by atoms with Gasteiger partial charge >= 0.3 is 0 Å². The Kier molecular flexibility index (Phi) is 4.37. The van der Waals surface area contributed by atoms with E-state index in [4.69, 9.17) is 4.74 Å². The van der Waals surface area contributed by atoms with Gasteiger partial charge in [0, 0.05) is 12.3 Å². The molecule has 2 aliphatic heterocycles. The van der Waals surface area contributed by atoms with Crippen molar-refractivity contribution in [1.82, 2.24) is 0 Å². The van der Waals surface area contributed by atoms with Gasteiger partial charge in [0.15, 0.2) is 0 Å². The van der Waals surface area contributed by atoms with Gasteiger partial charge in [0.05, 0.1) is 37.3 Å². The molecule has 0 saturated carbocycles. The Bertz CT molecular complexity index is 460. The van der Waals surface area contributed by atoms with Crippen LogP contribution in [0, 0.1) is 5.92 Å². The number of rotatable bonds is 3. The molecule has 3 atom stereocenters. The lowest BCUT2D eigenvalue weighted by atomic mass is 9.82. The maximum atomic E-state index is 6.11. The topological polar surface area (TPSA) is 9.23 Å². The summed E-state index contributed by atoms with van der Waals surface area (Å²) in [6.07, 6.45) is 6.90. The summed E-state index contributed by atoms with van der Waals surface area (Å²) in [6.45, 7) is 3.62. The zero-order valence-corrected chi connectivity index (χ0v) is 13.9. The van der Waals surface area contributed by atoms with Crippen LogP contribution in [0.3, 0.4) is 0 Å². The van der Waals surface area contributed by atoms with Crippen LogP contribution in [0.25, 0.3) is 0 Å². The number of ether oxygens (including phenoxy) is 1. The highest BCUT2D eigenvalue weighted by Gasteiger charge is 2.43. The van der Waals surface area contributed by atoms with E-state index < -0.39 is 0 Å². The molecule has 0 N–H and O–H groups in total. The Balaban J connectivity index is 1.66. The number of nitrogens with zero attached hydrogens (tertiary/aromatic N) is 1. The van der Waals surface area contributed by atoms with Crippen LogP contribution < -0.4 is 4.74 Å². The second-order valence-electron chi connectivity index (χ2n) is 6.63. The molecular formula is C17H25BrNO+. The number of piperidine rings is 2. The highest BCUT2D eigenvalue weighted by Crippen LogP contribution is 2.36. The van der Waals surface area contributed by atoms with Crippen LogP contribution >= 0.6 is 15.9 Å². The van der Waals surface area contributed by atoms with E-state index in [9.17, 15) is 0 Å². The lowest BCUT2D eigenvalue weighted by Gasteiger charge is -2.51. The van der Waals surface area contributed by atoms with E-state index in [-0.39, 0.29) is 0 Å². The van der Waals surface area contributed by atoms with Gasteiger partial charge in [-0.2, -0.15) is 0 Å². The van der Waals surface area contributed by atoms with Gasteiger partial charge in [-0.1, -0.05) is 12.1 Å². The minimum Gasteiger partial charge on any atom is -0.492 e. The SMILES string of the molecule is C[N+]12CCCC[C@@H]1[C@H](COc1ccccc1Br)CCC2. The van der Waals surface area contributed by atoms with Gasteiger partial charge in [0.2, 0.25) is 0 Å². The monoisotopic (exact) mass is 338 g/mol. The number of para-hydroxylation sites is 1. The van der Waals surface area contributed by atoms with E-state index in [0.29, 0.717) is 0 Å². The molecule has 1 aromatic rings. The first kappa shape index (κ1) is 14.4. The predicted molar refractivity (Wildman–Crippen MR) is 85.9 cm³/mol. The summed E-state index contributed by atoms with van der Waals surface area (Å²) in [4.78, 5) is 0. The minimum atomic E-state index is 0.723. The quantitative estimate of drug-likeness (QED) is 0.749. The number of quaternary nitrogens is 1. The smallest absolute Gasteiger partial charge is 0.133 e. The van der Waals surface area contributed by atoms with E-state index in [1.165, 1.54) is 49.7 Å². The Morgan fingerprint density at radius 3 is 2.80 bits per heavy atom. The van der Waals surface area contributed by atoms with Gasteiger partial charge in [-0.25, -0.2) is 0 Å². The van der Waals surface area contributed by atoms with Crippen LogP contribution in [0.4, 0.5) is 0 Å². The first-order valence-electron chi connectivity index (χ1n) is 7.91. The van der Waals surface area contributed by atoms with Crippen LogP contribution in [-0.2, 0) is 0 Å². The van der Waals surface area contributed by atoms with E-state index >= 15 is 0 Å². The van der Waals surface area contributed by atoms with Crippen LogP contribution in [-0.4, -0.2) is 37.3 Å². The maximum Gasteiger partial charge on any atom is 0.133 e. The molecule has 110 valence electrons. The molecule has 2 nitrogen and oxygen atoms in total. The van der Waals surface area contributed by atoms with Gasteiger partial charge in [0.1, 0.15) is 5.75 Å². The van der Waals surface area contributed by atoms with Crippen molar-refractivity contribution in [2.45, 2.75) is 38.1 Å².